The quantitative estimate of drug-likeness (QED) is 0.559. The highest BCUT2D eigenvalue weighted by molar-refractivity contribution is 7.99. The summed E-state index contributed by atoms with van der Waals surface area (Å²) in [6, 6.07) is 11.7. The van der Waals surface area contributed by atoms with Gasteiger partial charge in [-0.3, -0.25) is 9.69 Å². The maximum absolute atomic E-state index is 13.7. The molecule has 2 aromatic carbocycles. The third-order valence-electron chi connectivity index (χ3n) is 5.15. The minimum absolute atomic E-state index is 0.297. The summed E-state index contributed by atoms with van der Waals surface area (Å²) in [6.07, 6.45) is 6.50. The summed E-state index contributed by atoms with van der Waals surface area (Å²) in [5.41, 5.74) is 1.80. The molecule has 1 aliphatic heterocycles. The van der Waals surface area contributed by atoms with Crippen molar-refractivity contribution in [1.29, 1.82) is 0 Å². The van der Waals surface area contributed by atoms with Gasteiger partial charge in [0.25, 0.3) is 0 Å². The van der Waals surface area contributed by atoms with Gasteiger partial charge in [0.05, 0.1) is 4.90 Å². The zero-order valence-corrected chi connectivity index (χ0v) is 17.6. The molecule has 31 heavy (non-hydrogen) atoms. The van der Waals surface area contributed by atoms with Gasteiger partial charge in [0.15, 0.2) is 0 Å². The number of carboxylic acids is 1. The highest BCUT2D eigenvalue weighted by Gasteiger charge is 2.30. The lowest BCUT2D eigenvalue weighted by molar-refractivity contribution is -0.142. The lowest BCUT2D eigenvalue weighted by Gasteiger charge is -2.21. The van der Waals surface area contributed by atoms with E-state index in [1.807, 2.05) is 29.2 Å². The van der Waals surface area contributed by atoms with Crippen molar-refractivity contribution < 1.29 is 19.0 Å². The summed E-state index contributed by atoms with van der Waals surface area (Å²) in [6.45, 7) is 1.67. The van der Waals surface area contributed by atoms with E-state index < -0.39 is 12.0 Å². The normalized spacial score (nSPS) is 16.4. The maximum atomic E-state index is 13.7. The van der Waals surface area contributed by atoms with E-state index in [-0.39, 0.29) is 5.82 Å². The third-order valence-corrected chi connectivity index (χ3v) is 6.17. The number of ether oxygens (including phenoxy) is 1. The fourth-order valence-electron chi connectivity index (χ4n) is 3.64. The van der Waals surface area contributed by atoms with Crippen LogP contribution < -0.4 is 4.74 Å². The molecule has 0 bridgehead atoms. The second-order valence-electron chi connectivity index (χ2n) is 7.23. The summed E-state index contributed by atoms with van der Waals surface area (Å²) in [7, 11) is 0. The van der Waals surface area contributed by atoms with Gasteiger partial charge < -0.3 is 9.84 Å². The highest BCUT2D eigenvalue weighted by Crippen LogP contribution is 2.38. The van der Waals surface area contributed by atoms with Crippen molar-refractivity contribution in [3.63, 3.8) is 0 Å². The Morgan fingerprint density at radius 1 is 1.19 bits per heavy atom. The molecule has 1 aromatic heterocycles. The molecule has 0 spiro atoms. The van der Waals surface area contributed by atoms with Crippen molar-refractivity contribution in [3.8, 4) is 16.9 Å². The van der Waals surface area contributed by atoms with E-state index in [2.05, 4.69) is 9.97 Å². The second kappa shape index (κ2) is 9.89. The average Bonchev–Trinajstić information content (AvgIpc) is 3.24. The molecule has 1 aliphatic rings. The molecular formula is C23H22FN3O3S. The van der Waals surface area contributed by atoms with Crippen molar-refractivity contribution in [1.82, 2.24) is 14.9 Å². The van der Waals surface area contributed by atoms with Crippen LogP contribution >= 0.6 is 11.8 Å². The summed E-state index contributed by atoms with van der Waals surface area (Å²) in [5, 5.41) is 9.34. The van der Waals surface area contributed by atoms with E-state index in [9.17, 15) is 14.3 Å². The zero-order valence-electron chi connectivity index (χ0n) is 16.8. The Bertz CT molecular complexity index is 1050. The Morgan fingerprint density at radius 2 is 2.03 bits per heavy atom. The van der Waals surface area contributed by atoms with Crippen LogP contribution in [-0.4, -0.2) is 51.7 Å². The number of likely N-dealkylation sites (tertiary alicyclic amines) is 1. The molecule has 8 heteroatoms. The van der Waals surface area contributed by atoms with Gasteiger partial charge in [-0.05, 0) is 55.3 Å². The largest absolute Gasteiger partial charge is 0.491 e. The number of aliphatic carboxylic acids is 1. The molecule has 6 nitrogen and oxygen atoms in total. The number of rotatable bonds is 8. The van der Waals surface area contributed by atoms with E-state index in [4.69, 9.17) is 4.74 Å². The number of hydrogen-bond acceptors (Lipinski definition) is 6. The van der Waals surface area contributed by atoms with Gasteiger partial charge in [-0.15, -0.1) is 0 Å². The summed E-state index contributed by atoms with van der Waals surface area (Å²) in [4.78, 5) is 23.1. The maximum Gasteiger partial charge on any atom is 0.320 e. The number of carboxylic acid groups (broad SMARTS) is 1. The second-order valence-corrected chi connectivity index (χ2v) is 8.34. The molecular weight excluding hydrogens is 417 g/mol. The molecule has 0 saturated carbocycles. The van der Waals surface area contributed by atoms with Gasteiger partial charge in [-0.2, -0.15) is 0 Å². The minimum Gasteiger partial charge on any atom is -0.491 e. The molecule has 160 valence electrons. The fraction of sp³-hybridized carbons (Fsp3) is 0.261. The van der Waals surface area contributed by atoms with E-state index in [0.29, 0.717) is 25.3 Å². The Labute approximate surface area is 184 Å². The minimum atomic E-state index is -0.783. The topological polar surface area (TPSA) is 75.5 Å². The zero-order chi connectivity index (χ0) is 21.6. The van der Waals surface area contributed by atoms with Crippen molar-refractivity contribution in [2.24, 2.45) is 0 Å². The van der Waals surface area contributed by atoms with Gasteiger partial charge in [0.2, 0.25) is 0 Å². The summed E-state index contributed by atoms with van der Waals surface area (Å²) < 4.78 is 19.7. The Balaban J connectivity index is 1.53. The number of carbonyl (C=O) groups is 1. The van der Waals surface area contributed by atoms with Crippen LogP contribution in [0.3, 0.4) is 0 Å². The van der Waals surface area contributed by atoms with Crippen molar-refractivity contribution in [3.05, 3.63) is 67.0 Å². The van der Waals surface area contributed by atoms with Gasteiger partial charge in [0.1, 0.15) is 30.5 Å². The van der Waals surface area contributed by atoms with E-state index in [1.165, 1.54) is 30.2 Å². The predicted molar refractivity (Wildman–Crippen MR) is 116 cm³/mol. The SMILES string of the molecule is O=C(O)[C@@H]1CCCN1CCOc1ccc(-c2cncnc2)cc1Sc1cccc(F)c1. The van der Waals surface area contributed by atoms with Gasteiger partial charge in [-0.1, -0.05) is 23.9 Å². The molecule has 1 atom stereocenters. The first-order chi connectivity index (χ1) is 15.1. The van der Waals surface area contributed by atoms with Crippen molar-refractivity contribution >= 4 is 17.7 Å². The fourth-order valence-corrected chi connectivity index (χ4v) is 4.62. The molecule has 1 N–H and O–H groups in total. The number of nitrogens with zero attached hydrogens (tertiary/aromatic N) is 3. The van der Waals surface area contributed by atoms with Crippen LogP contribution in [0.15, 0.2) is 71.0 Å². The van der Waals surface area contributed by atoms with Gasteiger partial charge >= 0.3 is 5.97 Å². The molecule has 1 fully saturated rings. The van der Waals surface area contributed by atoms with E-state index >= 15 is 0 Å². The third kappa shape index (κ3) is 5.39. The molecule has 0 aliphatic carbocycles. The lowest BCUT2D eigenvalue weighted by Crippen LogP contribution is -2.38. The average molecular weight is 440 g/mol. The van der Waals surface area contributed by atoms with Crippen LogP contribution in [-0.2, 0) is 4.79 Å². The first kappa shape index (κ1) is 21.3. The Kier molecular flexibility index (Phi) is 6.79. The van der Waals surface area contributed by atoms with E-state index in [1.54, 1.807) is 18.5 Å². The van der Waals surface area contributed by atoms with Gasteiger partial charge in [0, 0.05) is 29.4 Å². The van der Waals surface area contributed by atoms with Crippen LogP contribution in [0.25, 0.3) is 11.1 Å². The summed E-state index contributed by atoms with van der Waals surface area (Å²) >= 11 is 1.41. The van der Waals surface area contributed by atoms with Crippen molar-refractivity contribution in [2.75, 3.05) is 19.7 Å². The monoisotopic (exact) mass is 439 g/mol. The van der Waals surface area contributed by atoms with Crippen molar-refractivity contribution in [2.45, 2.75) is 28.7 Å². The van der Waals surface area contributed by atoms with E-state index in [0.717, 1.165) is 33.9 Å². The standard InChI is InChI=1S/C23H22FN3O3S/c24-18-3-1-4-19(12-18)31-22-11-16(17-13-25-15-26-14-17)6-7-21(22)30-10-9-27-8-2-5-20(27)23(28)29/h1,3-4,6-7,11-15,20H,2,5,8-10H2,(H,28,29)/t20-/m0/s1. The van der Waals surface area contributed by atoms with Crippen LogP contribution in [0.4, 0.5) is 4.39 Å². The first-order valence-corrected chi connectivity index (χ1v) is 10.8. The molecule has 2 heterocycles. The molecule has 4 rings (SSSR count). The smallest absolute Gasteiger partial charge is 0.320 e. The Morgan fingerprint density at radius 3 is 2.81 bits per heavy atom. The molecule has 0 radical (unpaired) electrons. The predicted octanol–water partition coefficient (Wildman–Crippen LogP) is 4.36. The highest BCUT2D eigenvalue weighted by atomic mass is 32.2. The molecule has 1 saturated heterocycles. The van der Waals surface area contributed by atoms with Crippen LogP contribution in [0.2, 0.25) is 0 Å². The van der Waals surface area contributed by atoms with Crippen LogP contribution in [0, 0.1) is 5.82 Å². The van der Waals surface area contributed by atoms with Crippen LogP contribution in [0.1, 0.15) is 12.8 Å². The summed E-state index contributed by atoms with van der Waals surface area (Å²) in [5.74, 6) is -0.413. The number of hydrogen-bond donors (Lipinski definition) is 1. The van der Waals surface area contributed by atoms with Gasteiger partial charge in [-0.25, -0.2) is 14.4 Å². The lowest BCUT2D eigenvalue weighted by atomic mass is 10.1. The molecule has 3 aromatic rings. The molecule has 0 amide bonds. The first-order valence-electron chi connectivity index (χ1n) is 10.0. The number of benzene rings is 2. The Hall–Kier alpha value is -2.97. The number of aromatic nitrogens is 2. The van der Waals surface area contributed by atoms with Crippen LogP contribution in [0.5, 0.6) is 5.75 Å². The number of halogens is 1. The molecule has 0 unspecified atom stereocenters.